The molecule has 0 saturated carbocycles. The fraction of sp³-hybridized carbons (Fsp3) is 0.455. The molecule has 0 aromatic heterocycles. The zero-order valence-corrected chi connectivity index (χ0v) is 11.1. The third-order valence-corrected chi connectivity index (χ3v) is 6.50. The molecule has 0 spiro atoms. The molecule has 0 radical (unpaired) electrons. The van der Waals surface area contributed by atoms with Crippen molar-refractivity contribution in [2.45, 2.75) is 29.9 Å². The highest BCUT2D eigenvalue weighted by Crippen LogP contribution is 2.57. The Morgan fingerprint density at radius 3 is 2.35 bits per heavy atom. The monoisotopic (exact) mass is 271 g/mol. The van der Waals surface area contributed by atoms with Crippen molar-refractivity contribution in [3.8, 4) is 0 Å². The van der Waals surface area contributed by atoms with E-state index in [2.05, 4.69) is 0 Å². The highest BCUT2D eigenvalue weighted by Gasteiger charge is 2.43. The molecule has 0 bridgehead atoms. The number of nitrogens with zero attached hydrogens (tertiary/aromatic N) is 1. The molecular weight excluding hydrogens is 258 g/mol. The van der Waals surface area contributed by atoms with Crippen LogP contribution in [-0.4, -0.2) is 20.9 Å². The van der Waals surface area contributed by atoms with E-state index < -0.39 is 11.0 Å². The SMILES string of the molecule is CC1(C)SSC(c2ccc([N+](=O)[O-])cc2)C1O. The maximum Gasteiger partial charge on any atom is 0.269 e. The van der Waals surface area contributed by atoms with Gasteiger partial charge in [-0.05, 0) is 19.4 Å². The van der Waals surface area contributed by atoms with E-state index >= 15 is 0 Å². The van der Waals surface area contributed by atoms with Gasteiger partial charge in [0, 0.05) is 16.9 Å². The first-order chi connectivity index (χ1) is 7.92. The number of hydrogen-bond donors (Lipinski definition) is 1. The van der Waals surface area contributed by atoms with Crippen molar-refractivity contribution in [3.63, 3.8) is 0 Å². The Kier molecular flexibility index (Phi) is 3.38. The van der Waals surface area contributed by atoms with Crippen LogP contribution in [0.15, 0.2) is 24.3 Å². The number of non-ortho nitro benzene ring substituents is 1. The first-order valence-electron chi connectivity index (χ1n) is 5.19. The Labute approximate surface area is 107 Å². The number of nitro groups is 1. The number of aliphatic hydroxyl groups is 1. The number of benzene rings is 1. The van der Waals surface area contributed by atoms with Crippen LogP contribution in [0.25, 0.3) is 0 Å². The molecular formula is C11H13NO3S2. The molecule has 1 aromatic carbocycles. The standard InChI is InChI=1S/C11H13NO3S2/c1-11(2)10(13)9(16-17-11)7-3-5-8(6-4-7)12(14)15/h3-6,9-10,13H,1-2H3. The first kappa shape index (κ1) is 12.7. The van der Waals surface area contributed by atoms with Crippen molar-refractivity contribution >= 4 is 27.3 Å². The Morgan fingerprint density at radius 1 is 1.35 bits per heavy atom. The second-order valence-electron chi connectivity index (χ2n) is 4.50. The lowest BCUT2D eigenvalue weighted by Gasteiger charge is -2.22. The molecule has 2 rings (SSSR count). The summed E-state index contributed by atoms with van der Waals surface area (Å²) in [7, 11) is 3.28. The van der Waals surface area contributed by atoms with Crippen LogP contribution in [-0.2, 0) is 0 Å². The van der Waals surface area contributed by atoms with Crippen molar-refractivity contribution in [1.29, 1.82) is 0 Å². The molecule has 1 aromatic rings. The van der Waals surface area contributed by atoms with Crippen molar-refractivity contribution in [3.05, 3.63) is 39.9 Å². The molecule has 1 aliphatic rings. The smallest absolute Gasteiger partial charge is 0.269 e. The van der Waals surface area contributed by atoms with Crippen LogP contribution in [0.4, 0.5) is 5.69 Å². The second kappa shape index (κ2) is 4.51. The Morgan fingerprint density at radius 2 is 1.94 bits per heavy atom. The molecule has 1 fully saturated rings. The summed E-state index contributed by atoms with van der Waals surface area (Å²) in [5, 5.41) is 20.7. The Bertz CT molecular complexity index is 433. The first-order valence-corrected chi connectivity index (χ1v) is 7.40. The predicted octanol–water partition coefficient (Wildman–Crippen LogP) is 3.17. The average molecular weight is 271 g/mol. The molecule has 4 nitrogen and oxygen atoms in total. The predicted molar refractivity (Wildman–Crippen MR) is 71.1 cm³/mol. The van der Waals surface area contributed by atoms with Gasteiger partial charge in [-0.3, -0.25) is 10.1 Å². The van der Waals surface area contributed by atoms with Crippen molar-refractivity contribution in [1.82, 2.24) is 0 Å². The minimum absolute atomic E-state index is 0.0178. The van der Waals surface area contributed by atoms with E-state index in [0.717, 1.165) is 5.56 Å². The van der Waals surface area contributed by atoms with Gasteiger partial charge in [0.05, 0.1) is 16.3 Å². The van der Waals surface area contributed by atoms with Crippen molar-refractivity contribution in [2.75, 3.05) is 0 Å². The molecule has 2 unspecified atom stereocenters. The Balaban J connectivity index is 2.22. The summed E-state index contributed by atoms with van der Waals surface area (Å²) in [6.45, 7) is 4.00. The van der Waals surface area contributed by atoms with E-state index in [1.807, 2.05) is 13.8 Å². The minimum Gasteiger partial charge on any atom is -0.390 e. The quantitative estimate of drug-likeness (QED) is 0.508. The third kappa shape index (κ3) is 2.43. The van der Waals surface area contributed by atoms with Gasteiger partial charge in [0.2, 0.25) is 0 Å². The van der Waals surface area contributed by atoms with Crippen LogP contribution < -0.4 is 0 Å². The van der Waals surface area contributed by atoms with Gasteiger partial charge in [0.25, 0.3) is 5.69 Å². The lowest BCUT2D eigenvalue weighted by atomic mass is 9.97. The fourth-order valence-electron chi connectivity index (χ4n) is 1.67. The molecule has 1 heterocycles. The van der Waals surface area contributed by atoms with Gasteiger partial charge >= 0.3 is 0 Å². The van der Waals surface area contributed by atoms with E-state index in [0.29, 0.717) is 0 Å². The molecule has 0 aliphatic carbocycles. The van der Waals surface area contributed by atoms with E-state index in [1.165, 1.54) is 12.1 Å². The number of aliphatic hydroxyl groups excluding tert-OH is 1. The summed E-state index contributed by atoms with van der Waals surface area (Å²) in [5.41, 5.74) is 1.02. The van der Waals surface area contributed by atoms with Gasteiger partial charge in [-0.25, -0.2) is 0 Å². The fourth-order valence-corrected chi connectivity index (χ4v) is 5.05. The van der Waals surface area contributed by atoms with E-state index in [4.69, 9.17) is 0 Å². The normalized spacial score (nSPS) is 27.0. The van der Waals surface area contributed by atoms with Crippen LogP contribution in [0, 0.1) is 10.1 Å². The van der Waals surface area contributed by atoms with Crippen LogP contribution in [0.2, 0.25) is 0 Å². The number of nitro benzene ring substituents is 1. The van der Waals surface area contributed by atoms with Gasteiger partial charge < -0.3 is 5.11 Å². The molecule has 92 valence electrons. The zero-order chi connectivity index (χ0) is 12.6. The van der Waals surface area contributed by atoms with E-state index in [9.17, 15) is 15.2 Å². The molecule has 2 atom stereocenters. The van der Waals surface area contributed by atoms with Crippen molar-refractivity contribution < 1.29 is 10.0 Å². The highest BCUT2D eigenvalue weighted by atomic mass is 33.1. The molecule has 1 N–H and O–H groups in total. The van der Waals surface area contributed by atoms with E-state index in [1.54, 1.807) is 33.7 Å². The molecule has 0 amide bonds. The second-order valence-corrected chi connectivity index (χ2v) is 7.49. The molecule has 17 heavy (non-hydrogen) atoms. The summed E-state index contributed by atoms with van der Waals surface area (Å²) in [6, 6.07) is 6.42. The highest BCUT2D eigenvalue weighted by molar-refractivity contribution is 8.77. The molecule has 1 aliphatic heterocycles. The van der Waals surface area contributed by atoms with Gasteiger partial charge in [0.1, 0.15) is 0 Å². The van der Waals surface area contributed by atoms with Gasteiger partial charge in [-0.2, -0.15) is 0 Å². The summed E-state index contributed by atoms with van der Waals surface area (Å²) in [5.74, 6) is 0. The maximum absolute atomic E-state index is 10.5. The van der Waals surface area contributed by atoms with Gasteiger partial charge in [-0.1, -0.05) is 33.7 Å². The average Bonchev–Trinajstić information content (AvgIpc) is 2.55. The van der Waals surface area contributed by atoms with Crippen LogP contribution in [0.5, 0.6) is 0 Å². The van der Waals surface area contributed by atoms with Gasteiger partial charge in [-0.15, -0.1) is 0 Å². The Hall–Kier alpha value is -0.720. The molecule has 1 saturated heterocycles. The maximum atomic E-state index is 10.5. The topological polar surface area (TPSA) is 63.4 Å². The summed E-state index contributed by atoms with van der Waals surface area (Å²) in [4.78, 5) is 10.1. The lowest BCUT2D eigenvalue weighted by molar-refractivity contribution is -0.384. The van der Waals surface area contributed by atoms with Crippen LogP contribution >= 0.6 is 21.6 Å². The van der Waals surface area contributed by atoms with Crippen molar-refractivity contribution in [2.24, 2.45) is 0 Å². The summed E-state index contributed by atoms with van der Waals surface area (Å²) >= 11 is 0. The van der Waals surface area contributed by atoms with E-state index in [-0.39, 0.29) is 15.7 Å². The minimum atomic E-state index is -0.445. The van der Waals surface area contributed by atoms with Crippen LogP contribution in [0.1, 0.15) is 24.7 Å². The van der Waals surface area contributed by atoms with Crippen LogP contribution in [0.3, 0.4) is 0 Å². The third-order valence-electron chi connectivity index (χ3n) is 2.80. The molecule has 6 heteroatoms. The lowest BCUT2D eigenvalue weighted by Crippen LogP contribution is -2.31. The largest absolute Gasteiger partial charge is 0.390 e. The summed E-state index contributed by atoms with van der Waals surface area (Å²) in [6.07, 6.45) is -0.445. The van der Waals surface area contributed by atoms with Gasteiger partial charge in [0.15, 0.2) is 0 Å². The zero-order valence-electron chi connectivity index (χ0n) is 9.49. The number of hydrogen-bond acceptors (Lipinski definition) is 5. The number of rotatable bonds is 2. The summed E-state index contributed by atoms with van der Waals surface area (Å²) < 4.78 is -0.183.